The zero-order chi connectivity index (χ0) is 17.2. The topological polar surface area (TPSA) is 47.6 Å². The summed E-state index contributed by atoms with van der Waals surface area (Å²) in [6.45, 7) is 3.29. The minimum atomic E-state index is 0.0658. The van der Waals surface area contributed by atoms with Crippen molar-refractivity contribution in [3.63, 3.8) is 0 Å². The first-order chi connectivity index (χ1) is 11.7. The first-order valence-corrected chi connectivity index (χ1v) is 8.27. The lowest BCUT2D eigenvalue weighted by Gasteiger charge is -2.13. The molecule has 2 aromatic rings. The lowest BCUT2D eigenvalue weighted by Crippen LogP contribution is -2.27. The third kappa shape index (κ3) is 5.95. The molecule has 0 unspecified atom stereocenters. The Bertz CT molecular complexity index is 611. The van der Waals surface area contributed by atoms with Crippen molar-refractivity contribution < 1.29 is 14.3 Å². The molecule has 24 heavy (non-hydrogen) atoms. The molecule has 1 N–H and O–H groups in total. The first-order valence-electron chi connectivity index (χ1n) is 8.27. The Morgan fingerprint density at radius 2 is 1.71 bits per heavy atom. The van der Waals surface area contributed by atoms with E-state index in [0.717, 1.165) is 11.5 Å². The van der Waals surface area contributed by atoms with Gasteiger partial charge in [0.2, 0.25) is 5.91 Å². The number of hydrogen-bond donors (Lipinski definition) is 1. The minimum Gasteiger partial charge on any atom is -0.497 e. The molecule has 0 heterocycles. The maximum absolute atomic E-state index is 11.9. The first kappa shape index (κ1) is 17.9. The molecule has 0 fully saturated rings. The molecule has 128 valence electrons. The zero-order valence-electron chi connectivity index (χ0n) is 14.3. The Morgan fingerprint density at radius 1 is 1.04 bits per heavy atom. The van der Waals surface area contributed by atoms with Crippen molar-refractivity contribution in [2.45, 2.75) is 25.7 Å². The SMILES string of the molecule is COc1ccc(OCCCC(=O)NC[C@@H](C)c2ccccc2)cc1. The van der Waals surface area contributed by atoms with E-state index in [1.165, 1.54) is 5.56 Å². The second-order valence-corrected chi connectivity index (χ2v) is 5.74. The molecule has 0 spiro atoms. The highest BCUT2D eigenvalue weighted by Crippen LogP contribution is 2.17. The molecule has 4 nitrogen and oxygen atoms in total. The largest absolute Gasteiger partial charge is 0.497 e. The van der Waals surface area contributed by atoms with E-state index in [0.29, 0.717) is 31.9 Å². The molecule has 0 bridgehead atoms. The van der Waals surface area contributed by atoms with Crippen LogP contribution < -0.4 is 14.8 Å². The predicted molar refractivity (Wildman–Crippen MR) is 95.6 cm³/mol. The summed E-state index contributed by atoms with van der Waals surface area (Å²) in [5.74, 6) is 1.96. The number of benzene rings is 2. The van der Waals surface area contributed by atoms with Gasteiger partial charge in [0.15, 0.2) is 0 Å². The third-order valence-corrected chi connectivity index (χ3v) is 3.85. The molecule has 0 saturated carbocycles. The molecule has 2 rings (SSSR count). The van der Waals surface area contributed by atoms with Gasteiger partial charge in [0.25, 0.3) is 0 Å². The van der Waals surface area contributed by atoms with E-state index >= 15 is 0 Å². The van der Waals surface area contributed by atoms with Crippen LogP contribution in [0.3, 0.4) is 0 Å². The van der Waals surface area contributed by atoms with Crippen molar-refractivity contribution in [3.8, 4) is 11.5 Å². The van der Waals surface area contributed by atoms with Crippen LogP contribution in [0.5, 0.6) is 11.5 Å². The van der Waals surface area contributed by atoms with Crippen LogP contribution in [-0.4, -0.2) is 26.2 Å². The predicted octanol–water partition coefficient (Wildman–Crippen LogP) is 3.77. The highest BCUT2D eigenvalue weighted by atomic mass is 16.5. The summed E-state index contributed by atoms with van der Waals surface area (Å²) in [6.07, 6.45) is 1.16. The van der Waals surface area contributed by atoms with Crippen LogP contribution in [0.25, 0.3) is 0 Å². The van der Waals surface area contributed by atoms with Crippen LogP contribution >= 0.6 is 0 Å². The quantitative estimate of drug-likeness (QED) is 0.713. The number of carbonyl (C=O) groups excluding carboxylic acids is 1. The molecule has 1 amide bonds. The van der Waals surface area contributed by atoms with Gasteiger partial charge in [-0.3, -0.25) is 4.79 Å². The van der Waals surface area contributed by atoms with Crippen LogP contribution in [0.1, 0.15) is 31.2 Å². The van der Waals surface area contributed by atoms with Crippen molar-refractivity contribution >= 4 is 5.91 Å². The van der Waals surface area contributed by atoms with Crippen molar-refractivity contribution in [1.29, 1.82) is 0 Å². The Labute approximate surface area is 143 Å². The molecule has 0 aromatic heterocycles. The summed E-state index contributed by atoms with van der Waals surface area (Å²) in [5.41, 5.74) is 1.24. The van der Waals surface area contributed by atoms with E-state index in [1.54, 1.807) is 7.11 Å². The van der Waals surface area contributed by atoms with Gasteiger partial charge in [0, 0.05) is 13.0 Å². The number of carbonyl (C=O) groups is 1. The highest BCUT2D eigenvalue weighted by Gasteiger charge is 2.07. The van der Waals surface area contributed by atoms with Crippen LogP contribution in [0, 0.1) is 0 Å². The number of ether oxygens (including phenoxy) is 2. The second-order valence-electron chi connectivity index (χ2n) is 5.74. The summed E-state index contributed by atoms with van der Waals surface area (Å²) in [6, 6.07) is 17.6. The van der Waals surface area contributed by atoms with Crippen molar-refractivity contribution in [1.82, 2.24) is 5.32 Å². The smallest absolute Gasteiger partial charge is 0.220 e. The second kappa shape index (κ2) is 9.60. The number of hydrogen-bond acceptors (Lipinski definition) is 3. The zero-order valence-corrected chi connectivity index (χ0v) is 14.3. The molecule has 1 atom stereocenters. The van der Waals surface area contributed by atoms with Gasteiger partial charge in [-0.05, 0) is 42.2 Å². The van der Waals surface area contributed by atoms with Gasteiger partial charge in [-0.25, -0.2) is 0 Å². The standard InChI is InChI=1S/C20H25NO3/c1-16(17-7-4-3-5-8-17)15-21-20(22)9-6-14-24-19-12-10-18(23-2)11-13-19/h3-5,7-8,10-13,16H,6,9,14-15H2,1-2H3,(H,21,22)/t16-/m1/s1. The molecule has 0 aliphatic carbocycles. The molecular weight excluding hydrogens is 302 g/mol. The fourth-order valence-corrected chi connectivity index (χ4v) is 2.35. The Hall–Kier alpha value is -2.49. The summed E-state index contributed by atoms with van der Waals surface area (Å²) in [5, 5.41) is 2.98. The molecule has 0 saturated heterocycles. The maximum Gasteiger partial charge on any atom is 0.220 e. The lowest BCUT2D eigenvalue weighted by atomic mass is 10.0. The van der Waals surface area contributed by atoms with E-state index in [9.17, 15) is 4.79 Å². The van der Waals surface area contributed by atoms with Gasteiger partial charge >= 0.3 is 0 Å². The number of amides is 1. The van der Waals surface area contributed by atoms with Crippen molar-refractivity contribution in [2.24, 2.45) is 0 Å². The van der Waals surface area contributed by atoms with E-state index in [-0.39, 0.29) is 5.91 Å². The van der Waals surface area contributed by atoms with Gasteiger partial charge in [-0.15, -0.1) is 0 Å². The Morgan fingerprint density at radius 3 is 2.38 bits per heavy atom. The van der Waals surface area contributed by atoms with Gasteiger partial charge < -0.3 is 14.8 Å². The number of methoxy groups -OCH3 is 1. The summed E-state index contributed by atoms with van der Waals surface area (Å²) < 4.78 is 10.7. The van der Waals surface area contributed by atoms with Gasteiger partial charge in [-0.1, -0.05) is 37.3 Å². The molecule has 0 aliphatic heterocycles. The van der Waals surface area contributed by atoms with Gasteiger partial charge in [0.05, 0.1) is 13.7 Å². The van der Waals surface area contributed by atoms with Crippen molar-refractivity contribution in [3.05, 3.63) is 60.2 Å². The normalized spacial score (nSPS) is 11.6. The fraction of sp³-hybridized carbons (Fsp3) is 0.350. The van der Waals surface area contributed by atoms with E-state index in [4.69, 9.17) is 9.47 Å². The summed E-state index contributed by atoms with van der Waals surface area (Å²) in [4.78, 5) is 11.9. The average Bonchev–Trinajstić information content (AvgIpc) is 2.64. The maximum atomic E-state index is 11.9. The monoisotopic (exact) mass is 327 g/mol. The van der Waals surface area contributed by atoms with Crippen LogP contribution in [0.15, 0.2) is 54.6 Å². The fourth-order valence-electron chi connectivity index (χ4n) is 2.35. The van der Waals surface area contributed by atoms with Gasteiger partial charge in [-0.2, -0.15) is 0 Å². The minimum absolute atomic E-state index is 0.0658. The molecule has 0 radical (unpaired) electrons. The number of rotatable bonds is 9. The van der Waals surface area contributed by atoms with Crippen LogP contribution in [0.2, 0.25) is 0 Å². The summed E-state index contributed by atoms with van der Waals surface area (Å²) in [7, 11) is 1.63. The third-order valence-electron chi connectivity index (χ3n) is 3.85. The average molecular weight is 327 g/mol. The van der Waals surface area contributed by atoms with E-state index in [2.05, 4.69) is 24.4 Å². The number of nitrogens with one attached hydrogen (secondary N) is 1. The molecular formula is C20H25NO3. The molecule has 0 aliphatic rings. The van der Waals surface area contributed by atoms with E-state index < -0.39 is 0 Å². The Balaban J connectivity index is 1.61. The Kier molecular flexibility index (Phi) is 7.15. The van der Waals surface area contributed by atoms with Gasteiger partial charge in [0.1, 0.15) is 11.5 Å². The van der Waals surface area contributed by atoms with Crippen molar-refractivity contribution in [2.75, 3.05) is 20.3 Å². The highest BCUT2D eigenvalue weighted by molar-refractivity contribution is 5.75. The van der Waals surface area contributed by atoms with Crippen LogP contribution in [-0.2, 0) is 4.79 Å². The molecule has 2 aromatic carbocycles. The molecule has 4 heteroatoms. The van der Waals surface area contributed by atoms with Crippen LogP contribution in [0.4, 0.5) is 0 Å². The lowest BCUT2D eigenvalue weighted by molar-refractivity contribution is -0.121. The van der Waals surface area contributed by atoms with E-state index in [1.807, 2.05) is 42.5 Å². The summed E-state index contributed by atoms with van der Waals surface area (Å²) >= 11 is 0.